The highest BCUT2D eigenvalue weighted by atomic mass is 32.2. The second-order valence-electron chi connectivity index (χ2n) is 3.85. The van der Waals surface area contributed by atoms with Crippen molar-refractivity contribution >= 4 is 18.7 Å². The van der Waals surface area contributed by atoms with Crippen molar-refractivity contribution in [1.82, 2.24) is 10.2 Å². The molecule has 0 bridgehead atoms. The van der Waals surface area contributed by atoms with Crippen LogP contribution in [0.1, 0.15) is 5.56 Å². The Balaban J connectivity index is 2.04. The van der Waals surface area contributed by atoms with E-state index in [0.717, 1.165) is 32.7 Å². The Hall–Kier alpha value is -0.840. The van der Waals surface area contributed by atoms with Crippen LogP contribution in [0.2, 0.25) is 0 Å². The van der Waals surface area contributed by atoms with Gasteiger partial charge in [-0.15, -0.1) is 0 Å². The monoisotopic (exact) mass is 235 g/mol. The molecule has 0 radical (unpaired) electrons. The summed E-state index contributed by atoms with van der Waals surface area (Å²) in [7, 11) is 0. The molecule has 4 heteroatoms. The van der Waals surface area contributed by atoms with Gasteiger partial charge in [-0.25, -0.2) is 4.40 Å². The van der Waals surface area contributed by atoms with Crippen LogP contribution in [-0.2, 0) is 6.54 Å². The average Bonchev–Trinajstić information content (AvgIpc) is 2.33. The van der Waals surface area contributed by atoms with Crippen molar-refractivity contribution in [3.63, 3.8) is 0 Å². The van der Waals surface area contributed by atoms with Crippen LogP contribution in [0.25, 0.3) is 0 Å². The fourth-order valence-corrected chi connectivity index (χ4v) is 2.43. The van der Waals surface area contributed by atoms with Crippen molar-refractivity contribution in [3.05, 3.63) is 29.8 Å². The summed E-state index contributed by atoms with van der Waals surface area (Å²) >= 11 is 1.46. The molecule has 0 aliphatic carbocycles. The number of nitrogens with zero attached hydrogens (tertiary/aromatic N) is 2. The minimum atomic E-state index is 1.01. The van der Waals surface area contributed by atoms with Crippen LogP contribution in [0.15, 0.2) is 33.6 Å². The van der Waals surface area contributed by atoms with Crippen molar-refractivity contribution in [2.75, 3.05) is 26.2 Å². The zero-order chi connectivity index (χ0) is 11.2. The molecular formula is C12H17N3S. The van der Waals surface area contributed by atoms with Gasteiger partial charge < -0.3 is 5.32 Å². The van der Waals surface area contributed by atoms with Gasteiger partial charge in [0.15, 0.2) is 0 Å². The highest BCUT2D eigenvalue weighted by Crippen LogP contribution is 2.24. The first kappa shape index (κ1) is 11.6. The van der Waals surface area contributed by atoms with Crippen molar-refractivity contribution in [1.29, 1.82) is 0 Å². The second-order valence-corrected chi connectivity index (χ2v) is 4.73. The number of benzene rings is 1. The van der Waals surface area contributed by atoms with Crippen molar-refractivity contribution < 1.29 is 0 Å². The Bertz CT molecular complexity index is 348. The van der Waals surface area contributed by atoms with Gasteiger partial charge in [-0.3, -0.25) is 4.90 Å². The summed E-state index contributed by atoms with van der Waals surface area (Å²) in [5.74, 6) is 0. The van der Waals surface area contributed by atoms with Gasteiger partial charge in [-0.2, -0.15) is 0 Å². The molecule has 1 heterocycles. The maximum Gasteiger partial charge on any atom is 0.0350 e. The molecule has 0 amide bonds. The molecule has 2 rings (SSSR count). The molecule has 1 saturated heterocycles. The summed E-state index contributed by atoms with van der Waals surface area (Å²) < 4.78 is 3.90. The van der Waals surface area contributed by atoms with Gasteiger partial charge >= 0.3 is 0 Å². The molecule has 0 saturated carbocycles. The summed E-state index contributed by atoms with van der Waals surface area (Å²) in [5.41, 5.74) is 1.35. The lowest BCUT2D eigenvalue weighted by Gasteiger charge is -2.27. The molecule has 1 N–H and O–H groups in total. The molecule has 1 aliphatic heterocycles. The SMILES string of the molecule is C=NSc1ccccc1CN1CCNCC1. The van der Waals surface area contributed by atoms with E-state index in [2.05, 4.69) is 45.6 Å². The normalized spacial score (nSPS) is 17.2. The molecule has 1 aliphatic rings. The average molecular weight is 235 g/mol. The molecule has 3 nitrogen and oxygen atoms in total. The van der Waals surface area contributed by atoms with E-state index in [9.17, 15) is 0 Å². The number of hydrogen-bond acceptors (Lipinski definition) is 4. The maximum atomic E-state index is 3.90. The fourth-order valence-electron chi connectivity index (χ4n) is 1.90. The molecule has 16 heavy (non-hydrogen) atoms. The van der Waals surface area contributed by atoms with E-state index in [1.807, 2.05) is 0 Å². The lowest BCUT2D eigenvalue weighted by atomic mass is 10.2. The number of piperazine rings is 1. The molecule has 86 valence electrons. The highest BCUT2D eigenvalue weighted by Gasteiger charge is 2.11. The third kappa shape index (κ3) is 3.07. The largest absolute Gasteiger partial charge is 0.314 e. The van der Waals surface area contributed by atoms with Crippen LogP contribution in [0, 0.1) is 0 Å². The van der Waals surface area contributed by atoms with E-state index < -0.39 is 0 Å². The summed E-state index contributed by atoms with van der Waals surface area (Å²) in [6.07, 6.45) is 0. The van der Waals surface area contributed by atoms with Gasteiger partial charge in [-0.1, -0.05) is 18.2 Å². The molecule has 0 unspecified atom stereocenters. The number of rotatable bonds is 4. The first-order valence-corrected chi connectivity index (χ1v) is 6.31. The number of nitrogens with one attached hydrogen (secondary N) is 1. The molecule has 0 atom stereocenters. The predicted molar refractivity (Wildman–Crippen MR) is 70.0 cm³/mol. The van der Waals surface area contributed by atoms with Gasteiger partial charge in [0.1, 0.15) is 0 Å². The van der Waals surface area contributed by atoms with Gasteiger partial charge in [-0.05, 0) is 18.3 Å². The van der Waals surface area contributed by atoms with Gasteiger partial charge in [0, 0.05) is 49.6 Å². The zero-order valence-electron chi connectivity index (χ0n) is 9.35. The van der Waals surface area contributed by atoms with Gasteiger partial charge in [0.25, 0.3) is 0 Å². The van der Waals surface area contributed by atoms with Crippen molar-refractivity contribution in [2.24, 2.45) is 4.40 Å². The molecule has 1 fully saturated rings. The smallest absolute Gasteiger partial charge is 0.0350 e. The standard InChI is InChI=1S/C12H17N3S/c1-13-16-12-5-3-2-4-11(12)10-15-8-6-14-7-9-15/h2-5,14H,1,6-10H2. The Labute approximate surface area is 101 Å². The van der Waals surface area contributed by atoms with Crippen LogP contribution >= 0.6 is 11.9 Å². The summed E-state index contributed by atoms with van der Waals surface area (Å²) in [4.78, 5) is 3.69. The fraction of sp³-hybridized carbons (Fsp3) is 0.417. The second kappa shape index (κ2) is 6.03. The molecular weight excluding hydrogens is 218 g/mol. The minimum Gasteiger partial charge on any atom is -0.314 e. The van der Waals surface area contributed by atoms with Crippen molar-refractivity contribution in [3.8, 4) is 0 Å². The summed E-state index contributed by atoms with van der Waals surface area (Å²) in [6.45, 7) is 8.98. The lowest BCUT2D eigenvalue weighted by molar-refractivity contribution is 0.232. The molecule has 0 spiro atoms. The summed E-state index contributed by atoms with van der Waals surface area (Å²) in [6, 6.07) is 8.42. The maximum absolute atomic E-state index is 3.90. The number of hydrogen-bond donors (Lipinski definition) is 1. The predicted octanol–water partition coefficient (Wildman–Crippen LogP) is 1.80. The highest BCUT2D eigenvalue weighted by molar-refractivity contribution is 7.98. The van der Waals surface area contributed by atoms with Crippen LogP contribution in [-0.4, -0.2) is 37.8 Å². The molecule has 1 aromatic carbocycles. The van der Waals surface area contributed by atoms with Crippen LogP contribution < -0.4 is 5.32 Å². The van der Waals surface area contributed by atoms with E-state index in [1.54, 1.807) is 0 Å². The minimum absolute atomic E-state index is 1.01. The third-order valence-corrected chi connectivity index (χ3v) is 3.46. The lowest BCUT2D eigenvalue weighted by Crippen LogP contribution is -2.42. The van der Waals surface area contributed by atoms with Crippen molar-refractivity contribution in [2.45, 2.75) is 11.4 Å². The van der Waals surface area contributed by atoms with Gasteiger partial charge in [0.05, 0.1) is 0 Å². The Morgan fingerprint density at radius 1 is 1.31 bits per heavy atom. The Kier molecular flexibility index (Phi) is 4.39. The Morgan fingerprint density at radius 3 is 2.81 bits per heavy atom. The zero-order valence-corrected chi connectivity index (χ0v) is 10.2. The van der Waals surface area contributed by atoms with Crippen LogP contribution in [0.4, 0.5) is 0 Å². The summed E-state index contributed by atoms with van der Waals surface area (Å²) in [5, 5.41) is 3.36. The van der Waals surface area contributed by atoms with E-state index >= 15 is 0 Å². The van der Waals surface area contributed by atoms with E-state index in [-0.39, 0.29) is 0 Å². The first-order valence-electron chi connectivity index (χ1n) is 5.54. The third-order valence-electron chi connectivity index (χ3n) is 2.74. The Morgan fingerprint density at radius 2 is 2.06 bits per heavy atom. The van der Waals surface area contributed by atoms with Crippen LogP contribution in [0.5, 0.6) is 0 Å². The van der Waals surface area contributed by atoms with E-state index in [0.29, 0.717) is 0 Å². The topological polar surface area (TPSA) is 27.6 Å². The first-order chi connectivity index (χ1) is 7.90. The van der Waals surface area contributed by atoms with Crippen LogP contribution in [0.3, 0.4) is 0 Å². The van der Waals surface area contributed by atoms with E-state index in [4.69, 9.17) is 0 Å². The molecule has 0 aromatic heterocycles. The van der Waals surface area contributed by atoms with E-state index in [1.165, 1.54) is 22.4 Å². The van der Waals surface area contributed by atoms with Gasteiger partial charge in [0.2, 0.25) is 0 Å². The molecule has 1 aromatic rings. The quantitative estimate of drug-likeness (QED) is 0.637.